The predicted molar refractivity (Wildman–Crippen MR) is 49.2 cm³/mol. The summed E-state index contributed by atoms with van der Waals surface area (Å²) in [5.74, 6) is -0.693. The van der Waals surface area contributed by atoms with Crippen molar-refractivity contribution >= 4 is 5.97 Å². The minimum atomic E-state index is -0.693. The van der Waals surface area contributed by atoms with Crippen LogP contribution in [0.2, 0.25) is 0 Å². The second kappa shape index (κ2) is 8.64. The molecule has 0 aliphatic heterocycles. The zero-order valence-corrected chi connectivity index (χ0v) is 7.68. The zero-order chi connectivity index (χ0) is 9.94. The number of nitrogens with zero attached hydrogens (tertiary/aromatic N) is 2. The van der Waals surface area contributed by atoms with E-state index in [2.05, 4.69) is 9.97 Å². The molecule has 0 saturated heterocycles. The highest BCUT2D eigenvalue weighted by atomic mass is 16.4. The molecule has 0 aromatic carbocycles. The van der Waals surface area contributed by atoms with Gasteiger partial charge in [-0.15, -0.1) is 0 Å². The third-order valence-corrected chi connectivity index (χ3v) is 1.22. The van der Waals surface area contributed by atoms with E-state index < -0.39 is 5.97 Å². The number of rotatable bonds is 3. The molecule has 1 heterocycles. The molecule has 0 radical (unpaired) electrons. The molecule has 0 unspecified atom stereocenters. The molecule has 0 spiro atoms. The van der Waals surface area contributed by atoms with Crippen molar-refractivity contribution in [2.45, 2.75) is 26.2 Å². The van der Waals surface area contributed by atoms with Crippen LogP contribution in [0.1, 0.15) is 26.2 Å². The average Bonchev–Trinajstić information content (AvgIpc) is 2.18. The highest BCUT2D eigenvalue weighted by Gasteiger charge is 1.90. The molecule has 1 aromatic rings. The van der Waals surface area contributed by atoms with Gasteiger partial charge in [0.15, 0.2) is 0 Å². The van der Waals surface area contributed by atoms with Crippen LogP contribution < -0.4 is 0 Å². The molecule has 4 heteroatoms. The maximum absolute atomic E-state index is 9.76. The van der Waals surface area contributed by atoms with Gasteiger partial charge in [0.1, 0.15) is 6.33 Å². The molecule has 0 aliphatic rings. The highest BCUT2D eigenvalue weighted by molar-refractivity contribution is 5.66. The number of hydrogen-bond donors (Lipinski definition) is 1. The second-order valence-electron chi connectivity index (χ2n) is 2.40. The highest BCUT2D eigenvalue weighted by Crippen LogP contribution is 1.91. The quantitative estimate of drug-likeness (QED) is 0.773. The van der Waals surface area contributed by atoms with Crippen molar-refractivity contribution in [1.29, 1.82) is 0 Å². The van der Waals surface area contributed by atoms with Gasteiger partial charge in [-0.3, -0.25) is 4.79 Å². The SMILES string of the molecule is CCCCC(=O)O.c1cncnc1. The lowest BCUT2D eigenvalue weighted by Crippen LogP contribution is -1.91. The molecule has 0 amide bonds. The van der Waals surface area contributed by atoms with Crippen molar-refractivity contribution in [2.75, 3.05) is 0 Å². The number of carboxylic acids is 1. The monoisotopic (exact) mass is 182 g/mol. The predicted octanol–water partition coefficient (Wildman–Crippen LogP) is 1.74. The van der Waals surface area contributed by atoms with Crippen LogP contribution in [0.3, 0.4) is 0 Å². The fourth-order valence-electron chi connectivity index (χ4n) is 0.581. The molecule has 13 heavy (non-hydrogen) atoms. The Bertz CT molecular complexity index is 187. The molecule has 4 nitrogen and oxygen atoms in total. The van der Waals surface area contributed by atoms with Gasteiger partial charge in [-0.25, -0.2) is 9.97 Å². The van der Waals surface area contributed by atoms with Gasteiger partial charge in [0, 0.05) is 18.8 Å². The van der Waals surface area contributed by atoms with Crippen molar-refractivity contribution < 1.29 is 9.90 Å². The van der Waals surface area contributed by atoms with Gasteiger partial charge in [0.05, 0.1) is 0 Å². The number of aromatic nitrogens is 2. The van der Waals surface area contributed by atoms with Crippen LogP contribution in [-0.4, -0.2) is 21.0 Å². The summed E-state index contributed by atoms with van der Waals surface area (Å²) in [6, 6.07) is 1.78. The lowest BCUT2D eigenvalue weighted by atomic mass is 10.3. The van der Waals surface area contributed by atoms with Crippen molar-refractivity contribution in [2.24, 2.45) is 0 Å². The van der Waals surface area contributed by atoms with E-state index in [4.69, 9.17) is 5.11 Å². The topological polar surface area (TPSA) is 63.1 Å². The van der Waals surface area contributed by atoms with Gasteiger partial charge >= 0.3 is 5.97 Å². The van der Waals surface area contributed by atoms with Crippen molar-refractivity contribution in [1.82, 2.24) is 9.97 Å². The van der Waals surface area contributed by atoms with Crippen molar-refractivity contribution in [3.05, 3.63) is 24.8 Å². The molecule has 72 valence electrons. The largest absolute Gasteiger partial charge is 0.481 e. The van der Waals surface area contributed by atoms with Gasteiger partial charge < -0.3 is 5.11 Å². The first-order valence-electron chi connectivity index (χ1n) is 4.19. The number of carboxylic acid groups (broad SMARTS) is 1. The van der Waals surface area contributed by atoms with Crippen LogP contribution in [0.4, 0.5) is 0 Å². The first kappa shape index (κ1) is 11.6. The van der Waals surface area contributed by atoms with Gasteiger partial charge in [0.25, 0.3) is 0 Å². The van der Waals surface area contributed by atoms with E-state index in [9.17, 15) is 4.79 Å². The molecule has 0 aliphatic carbocycles. The number of aliphatic carboxylic acids is 1. The number of unbranched alkanes of at least 4 members (excludes halogenated alkanes) is 1. The summed E-state index contributed by atoms with van der Waals surface area (Å²) >= 11 is 0. The van der Waals surface area contributed by atoms with Crippen LogP contribution >= 0.6 is 0 Å². The standard InChI is InChI=1S/C5H10O2.C4H4N2/c1-2-3-4-5(6)7;1-2-5-4-6-3-1/h2-4H2,1H3,(H,6,7);1-4H. The Morgan fingerprint density at radius 2 is 2.00 bits per heavy atom. The Morgan fingerprint density at radius 3 is 2.15 bits per heavy atom. The molecule has 0 saturated carbocycles. The molecule has 1 aromatic heterocycles. The molecule has 0 fully saturated rings. The molecule has 1 N–H and O–H groups in total. The maximum Gasteiger partial charge on any atom is 0.303 e. The Hall–Kier alpha value is -1.45. The van der Waals surface area contributed by atoms with E-state index in [0.29, 0.717) is 6.42 Å². The second-order valence-corrected chi connectivity index (χ2v) is 2.40. The van der Waals surface area contributed by atoms with Crippen LogP contribution in [0.15, 0.2) is 24.8 Å². The fraction of sp³-hybridized carbons (Fsp3) is 0.444. The Kier molecular flexibility index (Phi) is 7.68. The third-order valence-electron chi connectivity index (χ3n) is 1.22. The maximum atomic E-state index is 9.76. The summed E-state index contributed by atoms with van der Waals surface area (Å²) in [6.45, 7) is 1.98. The number of carbonyl (C=O) groups is 1. The number of hydrogen-bond acceptors (Lipinski definition) is 3. The van der Waals surface area contributed by atoms with Crippen LogP contribution in [0.5, 0.6) is 0 Å². The smallest absolute Gasteiger partial charge is 0.303 e. The van der Waals surface area contributed by atoms with Gasteiger partial charge in [-0.05, 0) is 12.5 Å². The van der Waals surface area contributed by atoms with Crippen LogP contribution in [-0.2, 0) is 4.79 Å². The van der Waals surface area contributed by atoms with Gasteiger partial charge in [0.2, 0.25) is 0 Å². The van der Waals surface area contributed by atoms with Crippen LogP contribution in [0, 0.1) is 0 Å². The summed E-state index contributed by atoms with van der Waals surface area (Å²) in [6.07, 6.45) is 6.96. The Balaban J connectivity index is 0.000000223. The molecular weight excluding hydrogens is 168 g/mol. The van der Waals surface area contributed by atoms with Crippen molar-refractivity contribution in [3.8, 4) is 0 Å². The summed E-state index contributed by atoms with van der Waals surface area (Å²) in [7, 11) is 0. The minimum Gasteiger partial charge on any atom is -0.481 e. The summed E-state index contributed by atoms with van der Waals surface area (Å²) in [5.41, 5.74) is 0. The van der Waals surface area contributed by atoms with E-state index in [-0.39, 0.29) is 0 Å². The fourth-order valence-corrected chi connectivity index (χ4v) is 0.581. The average molecular weight is 182 g/mol. The normalized spacial score (nSPS) is 8.38. The third kappa shape index (κ3) is 10.6. The van der Waals surface area contributed by atoms with Crippen LogP contribution in [0.25, 0.3) is 0 Å². The molecule has 0 atom stereocenters. The lowest BCUT2D eigenvalue weighted by molar-refractivity contribution is -0.137. The Labute approximate surface area is 77.7 Å². The summed E-state index contributed by atoms with van der Waals surface area (Å²) < 4.78 is 0. The summed E-state index contributed by atoms with van der Waals surface area (Å²) in [4.78, 5) is 17.1. The van der Waals surface area contributed by atoms with E-state index in [1.165, 1.54) is 6.33 Å². The van der Waals surface area contributed by atoms with E-state index in [0.717, 1.165) is 12.8 Å². The lowest BCUT2D eigenvalue weighted by Gasteiger charge is -1.85. The van der Waals surface area contributed by atoms with Gasteiger partial charge in [-0.1, -0.05) is 13.3 Å². The molecular formula is C9H14N2O2. The first-order valence-corrected chi connectivity index (χ1v) is 4.19. The minimum absolute atomic E-state index is 0.316. The van der Waals surface area contributed by atoms with E-state index >= 15 is 0 Å². The first-order chi connectivity index (χ1) is 6.27. The summed E-state index contributed by atoms with van der Waals surface area (Å²) in [5, 5.41) is 8.04. The van der Waals surface area contributed by atoms with Gasteiger partial charge in [-0.2, -0.15) is 0 Å². The van der Waals surface area contributed by atoms with E-state index in [1.807, 2.05) is 6.92 Å². The van der Waals surface area contributed by atoms with E-state index in [1.54, 1.807) is 18.5 Å². The molecule has 1 rings (SSSR count). The zero-order valence-electron chi connectivity index (χ0n) is 7.68. The van der Waals surface area contributed by atoms with Crippen molar-refractivity contribution in [3.63, 3.8) is 0 Å². The Morgan fingerprint density at radius 1 is 1.38 bits per heavy atom. The molecule has 0 bridgehead atoms.